The van der Waals surface area contributed by atoms with Gasteiger partial charge in [-0.2, -0.15) is 13.1 Å². The molecule has 4 N–H and O–H groups in total. The van der Waals surface area contributed by atoms with E-state index < -0.39 is 10.2 Å². The SMILES string of the molecule is CCNS(=O)(=O)Nc1cc(C#CCN)ccc1OC. The number of hydrogen-bond donors (Lipinski definition) is 3. The van der Waals surface area contributed by atoms with Crippen molar-refractivity contribution in [2.75, 3.05) is 24.9 Å². The molecule has 19 heavy (non-hydrogen) atoms. The zero-order valence-electron chi connectivity index (χ0n) is 10.9. The molecule has 0 radical (unpaired) electrons. The maximum atomic E-state index is 11.7. The predicted octanol–water partition coefficient (Wildman–Crippen LogP) is 0.272. The van der Waals surface area contributed by atoms with Gasteiger partial charge >= 0.3 is 0 Å². The quantitative estimate of drug-likeness (QED) is 0.676. The van der Waals surface area contributed by atoms with E-state index in [1.807, 2.05) is 0 Å². The Kier molecular flexibility index (Phi) is 5.63. The Morgan fingerprint density at radius 3 is 2.74 bits per heavy atom. The maximum absolute atomic E-state index is 11.7. The van der Waals surface area contributed by atoms with Crippen LogP contribution >= 0.6 is 0 Å². The van der Waals surface area contributed by atoms with E-state index in [2.05, 4.69) is 21.3 Å². The van der Waals surface area contributed by atoms with Gasteiger partial charge in [0.15, 0.2) is 0 Å². The van der Waals surface area contributed by atoms with Gasteiger partial charge in [-0.1, -0.05) is 18.8 Å². The summed E-state index contributed by atoms with van der Waals surface area (Å²) in [6.45, 7) is 2.23. The smallest absolute Gasteiger partial charge is 0.299 e. The summed E-state index contributed by atoms with van der Waals surface area (Å²) in [5.74, 6) is 5.95. The van der Waals surface area contributed by atoms with Crippen LogP contribution < -0.4 is 19.9 Å². The van der Waals surface area contributed by atoms with Crippen LogP contribution in [-0.4, -0.2) is 28.6 Å². The number of nitrogens with one attached hydrogen (secondary N) is 2. The van der Waals surface area contributed by atoms with Crippen molar-refractivity contribution in [3.63, 3.8) is 0 Å². The average molecular weight is 283 g/mol. The van der Waals surface area contributed by atoms with Crippen LogP contribution in [0.2, 0.25) is 0 Å². The van der Waals surface area contributed by atoms with Crippen molar-refractivity contribution in [3.05, 3.63) is 23.8 Å². The number of rotatable bonds is 5. The lowest BCUT2D eigenvalue weighted by atomic mass is 10.2. The van der Waals surface area contributed by atoms with Gasteiger partial charge in [0.1, 0.15) is 5.75 Å². The normalized spacial score (nSPS) is 10.5. The van der Waals surface area contributed by atoms with Crippen molar-refractivity contribution in [1.82, 2.24) is 4.72 Å². The summed E-state index contributed by atoms with van der Waals surface area (Å²) in [5, 5.41) is 0. The molecule has 0 atom stereocenters. The van der Waals surface area contributed by atoms with Crippen molar-refractivity contribution in [2.45, 2.75) is 6.92 Å². The van der Waals surface area contributed by atoms with Crippen LogP contribution in [0.4, 0.5) is 5.69 Å². The van der Waals surface area contributed by atoms with Crippen molar-refractivity contribution < 1.29 is 13.2 Å². The fraction of sp³-hybridized carbons (Fsp3) is 0.333. The van der Waals surface area contributed by atoms with Crippen molar-refractivity contribution in [2.24, 2.45) is 5.73 Å². The zero-order valence-corrected chi connectivity index (χ0v) is 11.7. The molecule has 1 rings (SSSR count). The number of nitrogens with two attached hydrogens (primary N) is 1. The lowest BCUT2D eigenvalue weighted by Crippen LogP contribution is -2.29. The Labute approximate surface area is 113 Å². The summed E-state index contributed by atoms with van der Waals surface area (Å²) in [6.07, 6.45) is 0. The number of hydrogen-bond acceptors (Lipinski definition) is 4. The first kappa shape index (κ1) is 15.3. The molecule has 0 bridgehead atoms. The van der Waals surface area contributed by atoms with Gasteiger partial charge in [0.2, 0.25) is 0 Å². The Balaban J connectivity index is 3.09. The Morgan fingerprint density at radius 1 is 1.42 bits per heavy atom. The number of ether oxygens (including phenoxy) is 1. The van der Waals surface area contributed by atoms with Crippen LogP contribution in [0.25, 0.3) is 0 Å². The number of anilines is 1. The van der Waals surface area contributed by atoms with Crippen LogP contribution in [0, 0.1) is 11.8 Å². The monoisotopic (exact) mass is 283 g/mol. The summed E-state index contributed by atoms with van der Waals surface area (Å²) in [4.78, 5) is 0. The van der Waals surface area contributed by atoms with Crippen LogP contribution in [-0.2, 0) is 10.2 Å². The summed E-state index contributed by atoms with van der Waals surface area (Å²) in [6, 6.07) is 4.97. The molecular formula is C12H17N3O3S. The van der Waals surface area contributed by atoms with Crippen LogP contribution in [0.1, 0.15) is 12.5 Å². The highest BCUT2D eigenvalue weighted by molar-refractivity contribution is 7.90. The molecular weight excluding hydrogens is 266 g/mol. The van der Waals surface area contributed by atoms with E-state index in [1.165, 1.54) is 7.11 Å². The van der Waals surface area contributed by atoms with E-state index in [4.69, 9.17) is 10.5 Å². The molecule has 0 amide bonds. The van der Waals surface area contributed by atoms with Gasteiger partial charge in [-0.15, -0.1) is 0 Å². The van der Waals surface area contributed by atoms with E-state index in [1.54, 1.807) is 25.1 Å². The van der Waals surface area contributed by atoms with E-state index >= 15 is 0 Å². The summed E-state index contributed by atoms with van der Waals surface area (Å²) >= 11 is 0. The molecule has 0 saturated carbocycles. The highest BCUT2D eigenvalue weighted by atomic mass is 32.2. The molecule has 0 saturated heterocycles. The molecule has 7 heteroatoms. The standard InChI is InChI=1S/C12H17N3O3S/c1-3-14-19(16,17)15-11-9-10(5-4-8-13)6-7-12(11)18-2/h6-7,9,14-15H,3,8,13H2,1-2H3. The molecule has 104 valence electrons. The molecule has 6 nitrogen and oxygen atoms in total. The van der Waals surface area contributed by atoms with E-state index in [0.29, 0.717) is 23.5 Å². The lowest BCUT2D eigenvalue weighted by Gasteiger charge is -2.12. The maximum Gasteiger partial charge on any atom is 0.299 e. The van der Waals surface area contributed by atoms with Crippen LogP contribution in [0.3, 0.4) is 0 Å². The Hall–Kier alpha value is -1.75. The second-order valence-electron chi connectivity index (χ2n) is 3.52. The van der Waals surface area contributed by atoms with Crippen LogP contribution in [0.5, 0.6) is 5.75 Å². The fourth-order valence-electron chi connectivity index (χ4n) is 1.39. The van der Waals surface area contributed by atoms with E-state index in [9.17, 15) is 8.42 Å². The first-order valence-electron chi connectivity index (χ1n) is 5.66. The van der Waals surface area contributed by atoms with Gasteiger partial charge in [-0.3, -0.25) is 4.72 Å². The minimum absolute atomic E-state index is 0.241. The third kappa shape index (κ3) is 4.79. The summed E-state index contributed by atoms with van der Waals surface area (Å²) < 4.78 is 33.1. The number of methoxy groups -OCH3 is 1. The van der Waals surface area contributed by atoms with Crippen molar-refractivity contribution >= 4 is 15.9 Å². The lowest BCUT2D eigenvalue weighted by molar-refractivity contribution is 0.417. The molecule has 0 aliphatic carbocycles. The molecule has 1 aromatic carbocycles. The molecule has 1 aromatic rings. The first-order chi connectivity index (χ1) is 9.02. The highest BCUT2D eigenvalue weighted by Crippen LogP contribution is 2.25. The Morgan fingerprint density at radius 2 is 2.16 bits per heavy atom. The van der Waals surface area contributed by atoms with E-state index in [-0.39, 0.29) is 6.54 Å². The average Bonchev–Trinajstić information content (AvgIpc) is 2.36. The fourth-order valence-corrected chi connectivity index (χ4v) is 2.29. The van der Waals surface area contributed by atoms with Gasteiger partial charge in [0.25, 0.3) is 10.2 Å². The topological polar surface area (TPSA) is 93.5 Å². The zero-order chi connectivity index (χ0) is 14.3. The third-order valence-corrected chi connectivity index (χ3v) is 3.27. The number of benzene rings is 1. The van der Waals surface area contributed by atoms with Crippen molar-refractivity contribution in [1.29, 1.82) is 0 Å². The minimum Gasteiger partial charge on any atom is -0.495 e. The third-order valence-electron chi connectivity index (χ3n) is 2.11. The molecule has 0 spiro atoms. The van der Waals surface area contributed by atoms with Crippen molar-refractivity contribution in [3.8, 4) is 17.6 Å². The summed E-state index contributed by atoms with van der Waals surface area (Å²) in [5.41, 5.74) is 6.27. The second kappa shape index (κ2) is 6.99. The molecule has 0 fully saturated rings. The van der Waals surface area contributed by atoms with Gasteiger partial charge in [0, 0.05) is 12.1 Å². The van der Waals surface area contributed by atoms with Gasteiger partial charge in [-0.05, 0) is 18.2 Å². The predicted molar refractivity (Wildman–Crippen MR) is 75.1 cm³/mol. The van der Waals surface area contributed by atoms with E-state index in [0.717, 1.165) is 0 Å². The Bertz CT molecular complexity index is 588. The van der Waals surface area contributed by atoms with Gasteiger partial charge in [0.05, 0.1) is 19.3 Å². The van der Waals surface area contributed by atoms with Gasteiger partial charge < -0.3 is 10.5 Å². The first-order valence-corrected chi connectivity index (χ1v) is 7.15. The summed E-state index contributed by atoms with van der Waals surface area (Å²) in [7, 11) is -2.14. The highest BCUT2D eigenvalue weighted by Gasteiger charge is 2.12. The molecule has 0 aliphatic rings. The second-order valence-corrected chi connectivity index (χ2v) is 5.02. The van der Waals surface area contributed by atoms with Gasteiger partial charge in [-0.25, -0.2) is 0 Å². The minimum atomic E-state index is -3.61. The molecule has 0 aromatic heterocycles. The largest absolute Gasteiger partial charge is 0.495 e. The molecule has 0 heterocycles. The molecule has 0 aliphatic heterocycles. The van der Waals surface area contributed by atoms with Crippen LogP contribution in [0.15, 0.2) is 18.2 Å². The molecule has 0 unspecified atom stereocenters.